The minimum atomic E-state index is 0.0451. The minimum Gasteiger partial charge on any atom is -0.289 e. The van der Waals surface area contributed by atoms with Crippen LogP contribution in [0, 0.1) is 0 Å². The monoisotopic (exact) mass is 180 g/mol. The number of hydrogen-bond donors (Lipinski definition) is 1. The van der Waals surface area contributed by atoms with E-state index in [0.29, 0.717) is 5.92 Å². The second-order valence-corrected chi connectivity index (χ2v) is 3.77. The number of nitrogens with zero attached hydrogens (tertiary/aromatic N) is 1. The highest BCUT2D eigenvalue weighted by atomic mass is 16.1. The second-order valence-electron chi connectivity index (χ2n) is 3.77. The van der Waals surface area contributed by atoms with E-state index in [1.165, 1.54) is 31.4 Å². The van der Waals surface area contributed by atoms with Gasteiger partial charge in [-0.05, 0) is 19.8 Å². The molecule has 0 aliphatic heterocycles. The molecule has 72 valence electrons. The molecular weight excluding hydrogens is 164 g/mol. The molecule has 1 saturated carbocycles. The lowest BCUT2D eigenvalue weighted by Crippen LogP contribution is -2.07. The van der Waals surface area contributed by atoms with Gasteiger partial charge in [-0.25, -0.2) is 0 Å². The van der Waals surface area contributed by atoms with Crippen LogP contribution in [0.3, 0.4) is 0 Å². The van der Waals surface area contributed by atoms with E-state index in [1.807, 2.05) is 4.68 Å². The van der Waals surface area contributed by atoms with Gasteiger partial charge in [0.1, 0.15) is 0 Å². The zero-order valence-corrected chi connectivity index (χ0v) is 8.05. The van der Waals surface area contributed by atoms with E-state index in [0.717, 1.165) is 6.54 Å². The van der Waals surface area contributed by atoms with Gasteiger partial charge in [0, 0.05) is 24.2 Å². The Morgan fingerprint density at radius 1 is 1.54 bits per heavy atom. The first kappa shape index (κ1) is 8.60. The van der Waals surface area contributed by atoms with Crippen molar-refractivity contribution in [2.45, 2.75) is 45.1 Å². The number of hydrogen-bond acceptors (Lipinski definition) is 1. The molecule has 1 fully saturated rings. The quantitative estimate of drug-likeness (QED) is 0.741. The summed E-state index contributed by atoms with van der Waals surface area (Å²) in [7, 11) is 0. The van der Waals surface area contributed by atoms with Gasteiger partial charge in [0.25, 0.3) is 5.56 Å². The Bertz CT molecular complexity index is 331. The van der Waals surface area contributed by atoms with Crippen molar-refractivity contribution >= 4 is 0 Å². The first-order chi connectivity index (χ1) is 6.31. The van der Waals surface area contributed by atoms with E-state index in [-0.39, 0.29) is 5.56 Å². The fourth-order valence-corrected chi connectivity index (χ4v) is 2.26. The van der Waals surface area contributed by atoms with Gasteiger partial charge in [-0.3, -0.25) is 14.6 Å². The predicted molar refractivity (Wildman–Crippen MR) is 51.9 cm³/mol. The van der Waals surface area contributed by atoms with Crippen LogP contribution < -0.4 is 5.56 Å². The third-order valence-corrected chi connectivity index (χ3v) is 2.93. The molecule has 0 bridgehead atoms. The van der Waals surface area contributed by atoms with Gasteiger partial charge in [-0.1, -0.05) is 12.8 Å². The van der Waals surface area contributed by atoms with E-state index in [1.54, 1.807) is 6.07 Å². The van der Waals surface area contributed by atoms with Gasteiger partial charge in [0.2, 0.25) is 0 Å². The van der Waals surface area contributed by atoms with Gasteiger partial charge in [-0.15, -0.1) is 0 Å². The summed E-state index contributed by atoms with van der Waals surface area (Å²) in [4.78, 5) is 11.2. The van der Waals surface area contributed by atoms with E-state index in [2.05, 4.69) is 12.0 Å². The molecule has 0 unspecified atom stereocenters. The van der Waals surface area contributed by atoms with Crippen molar-refractivity contribution < 1.29 is 0 Å². The normalized spacial score (nSPS) is 18.2. The third kappa shape index (κ3) is 1.55. The Morgan fingerprint density at radius 3 is 2.85 bits per heavy atom. The van der Waals surface area contributed by atoms with Crippen LogP contribution in [-0.4, -0.2) is 9.78 Å². The van der Waals surface area contributed by atoms with E-state index in [9.17, 15) is 4.79 Å². The molecule has 13 heavy (non-hydrogen) atoms. The topological polar surface area (TPSA) is 37.8 Å². The first-order valence-electron chi connectivity index (χ1n) is 5.11. The van der Waals surface area contributed by atoms with Crippen LogP contribution in [0.5, 0.6) is 0 Å². The SMILES string of the molecule is CCn1[nH]c(=O)cc1C1CCCC1. The molecule has 1 aromatic heterocycles. The Labute approximate surface area is 77.7 Å². The molecule has 0 spiro atoms. The van der Waals surface area contributed by atoms with Gasteiger partial charge in [-0.2, -0.15) is 0 Å². The Balaban J connectivity index is 2.31. The number of aromatic nitrogens is 2. The van der Waals surface area contributed by atoms with E-state index >= 15 is 0 Å². The maximum absolute atomic E-state index is 11.2. The summed E-state index contributed by atoms with van der Waals surface area (Å²) in [6.45, 7) is 2.93. The minimum absolute atomic E-state index is 0.0451. The maximum Gasteiger partial charge on any atom is 0.264 e. The molecule has 3 nitrogen and oxygen atoms in total. The Hall–Kier alpha value is -0.990. The lowest BCUT2D eigenvalue weighted by atomic mass is 10.0. The van der Waals surface area contributed by atoms with Crippen molar-refractivity contribution in [2.24, 2.45) is 0 Å². The molecule has 0 radical (unpaired) electrons. The molecule has 0 atom stereocenters. The van der Waals surface area contributed by atoms with Gasteiger partial charge >= 0.3 is 0 Å². The number of nitrogens with one attached hydrogen (secondary N) is 1. The number of aromatic amines is 1. The van der Waals surface area contributed by atoms with Crippen molar-refractivity contribution in [1.29, 1.82) is 0 Å². The Morgan fingerprint density at radius 2 is 2.23 bits per heavy atom. The highest BCUT2D eigenvalue weighted by Crippen LogP contribution is 2.33. The highest BCUT2D eigenvalue weighted by Gasteiger charge is 2.20. The van der Waals surface area contributed by atoms with Crippen LogP contribution in [0.15, 0.2) is 10.9 Å². The zero-order chi connectivity index (χ0) is 9.26. The molecule has 1 aliphatic carbocycles. The molecule has 3 heteroatoms. The Kier molecular flexibility index (Phi) is 2.25. The molecule has 1 aromatic rings. The summed E-state index contributed by atoms with van der Waals surface area (Å²) in [5, 5.41) is 2.83. The molecule has 1 heterocycles. The zero-order valence-electron chi connectivity index (χ0n) is 8.05. The van der Waals surface area contributed by atoms with Crippen molar-refractivity contribution in [1.82, 2.24) is 9.78 Å². The van der Waals surface area contributed by atoms with E-state index < -0.39 is 0 Å². The van der Waals surface area contributed by atoms with Crippen molar-refractivity contribution in [2.75, 3.05) is 0 Å². The summed E-state index contributed by atoms with van der Waals surface area (Å²) in [6.07, 6.45) is 5.12. The lowest BCUT2D eigenvalue weighted by molar-refractivity contribution is 0.566. The predicted octanol–water partition coefficient (Wildman–Crippen LogP) is 1.85. The number of aryl methyl sites for hydroxylation is 1. The summed E-state index contributed by atoms with van der Waals surface area (Å²) < 4.78 is 1.98. The van der Waals surface area contributed by atoms with Crippen LogP contribution in [0.25, 0.3) is 0 Å². The lowest BCUT2D eigenvalue weighted by Gasteiger charge is -2.10. The fraction of sp³-hybridized carbons (Fsp3) is 0.700. The van der Waals surface area contributed by atoms with Gasteiger partial charge in [0.15, 0.2) is 0 Å². The molecule has 1 N–H and O–H groups in total. The van der Waals surface area contributed by atoms with Gasteiger partial charge < -0.3 is 0 Å². The largest absolute Gasteiger partial charge is 0.289 e. The second kappa shape index (κ2) is 3.40. The molecule has 1 aliphatic rings. The van der Waals surface area contributed by atoms with Crippen LogP contribution in [0.4, 0.5) is 0 Å². The summed E-state index contributed by atoms with van der Waals surface area (Å²) >= 11 is 0. The summed E-state index contributed by atoms with van der Waals surface area (Å²) in [5.74, 6) is 0.624. The smallest absolute Gasteiger partial charge is 0.264 e. The molecule has 0 aromatic carbocycles. The van der Waals surface area contributed by atoms with Gasteiger partial charge in [0.05, 0.1) is 0 Å². The van der Waals surface area contributed by atoms with Crippen molar-refractivity contribution in [3.05, 3.63) is 22.1 Å². The first-order valence-corrected chi connectivity index (χ1v) is 5.11. The van der Waals surface area contributed by atoms with Crippen LogP contribution >= 0.6 is 0 Å². The van der Waals surface area contributed by atoms with Crippen molar-refractivity contribution in [3.63, 3.8) is 0 Å². The molecular formula is C10H16N2O. The summed E-state index contributed by atoms with van der Waals surface area (Å²) in [6, 6.07) is 1.76. The standard InChI is InChI=1S/C10H16N2O/c1-2-12-9(7-10(13)11-12)8-5-3-4-6-8/h7-8H,2-6H2,1H3,(H,11,13). The molecule has 0 amide bonds. The number of H-pyrrole nitrogens is 1. The summed E-state index contributed by atoms with van der Waals surface area (Å²) in [5.41, 5.74) is 1.26. The average Bonchev–Trinajstić information content (AvgIpc) is 2.71. The highest BCUT2D eigenvalue weighted by molar-refractivity contribution is 5.09. The van der Waals surface area contributed by atoms with Crippen molar-refractivity contribution in [3.8, 4) is 0 Å². The van der Waals surface area contributed by atoms with Crippen LogP contribution in [0.2, 0.25) is 0 Å². The van der Waals surface area contributed by atoms with Crippen LogP contribution in [-0.2, 0) is 6.54 Å². The van der Waals surface area contributed by atoms with Crippen LogP contribution in [0.1, 0.15) is 44.2 Å². The third-order valence-electron chi connectivity index (χ3n) is 2.93. The average molecular weight is 180 g/mol. The maximum atomic E-state index is 11.2. The van der Waals surface area contributed by atoms with E-state index in [4.69, 9.17) is 0 Å². The molecule has 0 saturated heterocycles. The number of rotatable bonds is 2. The molecule has 2 rings (SSSR count). The fourth-order valence-electron chi connectivity index (χ4n) is 2.26.